The molecule has 2 rings (SSSR count). The van der Waals surface area contributed by atoms with E-state index in [0.717, 1.165) is 13.6 Å². The van der Waals surface area contributed by atoms with Gasteiger partial charge in [-0.15, -0.1) is 0 Å². The van der Waals surface area contributed by atoms with Crippen LogP contribution in [0.2, 0.25) is 0 Å². The number of aliphatic hydroxyl groups is 1. The van der Waals surface area contributed by atoms with Crippen LogP contribution >= 0.6 is 38.5 Å². The molecule has 0 saturated heterocycles. The lowest BCUT2D eigenvalue weighted by atomic mass is 10.0. The molecule has 0 aliphatic heterocycles. The number of rotatable bonds is 2. The topological polar surface area (TPSA) is 20.2 Å². The number of aliphatic hydroxyl groups excluding tert-OH is 1. The number of hydrogen-bond donors (Lipinski definition) is 1. The third-order valence-corrected chi connectivity index (χ3v) is 3.81. The van der Waals surface area contributed by atoms with Crippen LogP contribution in [0.25, 0.3) is 0 Å². The first-order chi connectivity index (χ1) is 8.08. The van der Waals surface area contributed by atoms with E-state index in [1.165, 1.54) is 12.1 Å². The molecule has 0 heterocycles. The number of halogens is 3. The minimum Gasteiger partial charge on any atom is -0.384 e. The van der Waals surface area contributed by atoms with Gasteiger partial charge >= 0.3 is 0 Å². The molecule has 88 valence electrons. The Morgan fingerprint density at radius 3 is 2.65 bits per heavy atom. The minimum absolute atomic E-state index is 0.344. The maximum Gasteiger partial charge on any atom is 0.123 e. The van der Waals surface area contributed by atoms with Crippen LogP contribution in [-0.2, 0) is 0 Å². The molecule has 4 heteroatoms. The van der Waals surface area contributed by atoms with Gasteiger partial charge in [-0.05, 0) is 58.5 Å². The predicted octanol–water partition coefficient (Wildman–Crippen LogP) is 4.27. The Morgan fingerprint density at radius 2 is 1.94 bits per heavy atom. The first kappa shape index (κ1) is 13.0. The lowest BCUT2D eigenvalue weighted by molar-refractivity contribution is 0.219. The van der Waals surface area contributed by atoms with E-state index in [0.29, 0.717) is 5.56 Å². The van der Waals surface area contributed by atoms with E-state index >= 15 is 0 Å². The molecule has 0 bridgehead atoms. The molecule has 1 nitrogen and oxygen atoms in total. The van der Waals surface area contributed by atoms with Gasteiger partial charge in [0.2, 0.25) is 0 Å². The Kier molecular flexibility index (Phi) is 4.17. The van der Waals surface area contributed by atoms with Crippen molar-refractivity contribution < 1.29 is 9.50 Å². The first-order valence-electron chi connectivity index (χ1n) is 4.96. The predicted molar refractivity (Wildman–Crippen MR) is 77.3 cm³/mol. The van der Waals surface area contributed by atoms with Crippen molar-refractivity contribution in [3.05, 3.63) is 67.5 Å². The van der Waals surface area contributed by atoms with E-state index in [2.05, 4.69) is 38.5 Å². The lowest BCUT2D eigenvalue weighted by Crippen LogP contribution is -2.01. The highest BCUT2D eigenvalue weighted by molar-refractivity contribution is 14.1. The molecule has 2 aromatic carbocycles. The smallest absolute Gasteiger partial charge is 0.123 e. The van der Waals surface area contributed by atoms with Crippen molar-refractivity contribution in [1.29, 1.82) is 0 Å². The van der Waals surface area contributed by atoms with E-state index in [1.807, 2.05) is 18.2 Å². The van der Waals surface area contributed by atoms with Gasteiger partial charge in [0.1, 0.15) is 11.9 Å². The van der Waals surface area contributed by atoms with Crippen molar-refractivity contribution >= 4 is 38.5 Å². The highest BCUT2D eigenvalue weighted by Gasteiger charge is 2.14. The van der Waals surface area contributed by atoms with Gasteiger partial charge in [-0.3, -0.25) is 0 Å². The van der Waals surface area contributed by atoms with Gasteiger partial charge in [-0.25, -0.2) is 4.39 Å². The lowest BCUT2D eigenvalue weighted by Gasteiger charge is -2.13. The molecule has 0 radical (unpaired) electrons. The zero-order valence-electron chi connectivity index (χ0n) is 8.70. The Labute approximate surface area is 121 Å². The van der Waals surface area contributed by atoms with E-state index in [4.69, 9.17) is 0 Å². The van der Waals surface area contributed by atoms with Crippen molar-refractivity contribution in [1.82, 2.24) is 0 Å². The zero-order chi connectivity index (χ0) is 12.4. The van der Waals surface area contributed by atoms with Crippen LogP contribution in [0, 0.1) is 9.39 Å². The molecule has 2 aromatic rings. The summed E-state index contributed by atoms with van der Waals surface area (Å²) in [6, 6.07) is 11.7. The summed E-state index contributed by atoms with van der Waals surface area (Å²) < 4.78 is 14.9. The maximum absolute atomic E-state index is 13.1. The Morgan fingerprint density at radius 1 is 1.18 bits per heavy atom. The summed E-state index contributed by atoms with van der Waals surface area (Å²) in [5.41, 5.74) is 1.29. The average Bonchev–Trinajstić information content (AvgIpc) is 2.31. The Hall–Kier alpha value is -0.460. The van der Waals surface area contributed by atoms with Gasteiger partial charge in [0, 0.05) is 13.6 Å². The van der Waals surface area contributed by atoms with Gasteiger partial charge in [-0.2, -0.15) is 0 Å². The summed E-state index contributed by atoms with van der Waals surface area (Å²) in [5.74, 6) is -0.344. The maximum atomic E-state index is 13.1. The van der Waals surface area contributed by atoms with Crippen LogP contribution < -0.4 is 0 Å². The SMILES string of the molecule is OC(c1cccc(F)c1)c1cc(I)ccc1Br. The molecule has 0 aliphatic carbocycles. The molecule has 0 saturated carbocycles. The molecule has 0 aliphatic rings. The highest BCUT2D eigenvalue weighted by Crippen LogP contribution is 2.30. The standard InChI is InChI=1S/C13H9BrFIO/c14-12-5-4-10(16)7-11(12)13(17)8-2-1-3-9(15)6-8/h1-7,13,17H. The highest BCUT2D eigenvalue weighted by atomic mass is 127. The summed E-state index contributed by atoms with van der Waals surface area (Å²) in [6.45, 7) is 0. The Balaban J connectivity index is 2.43. The Bertz CT molecular complexity index is 545. The largest absolute Gasteiger partial charge is 0.384 e. The van der Waals surface area contributed by atoms with Crippen molar-refractivity contribution in [2.75, 3.05) is 0 Å². The zero-order valence-corrected chi connectivity index (χ0v) is 12.4. The van der Waals surface area contributed by atoms with Crippen LogP contribution in [0.5, 0.6) is 0 Å². The van der Waals surface area contributed by atoms with Gasteiger partial charge in [-0.1, -0.05) is 28.1 Å². The molecule has 1 N–H and O–H groups in total. The third kappa shape index (κ3) is 3.05. The summed E-state index contributed by atoms with van der Waals surface area (Å²) in [5, 5.41) is 10.2. The molecular weight excluding hydrogens is 398 g/mol. The molecule has 0 amide bonds. The second-order valence-corrected chi connectivity index (χ2v) is 5.72. The second kappa shape index (κ2) is 5.46. The van der Waals surface area contributed by atoms with Crippen molar-refractivity contribution in [3.63, 3.8) is 0 Å². The quantitative estimate of drug-likeness (QED) is 0.738. The monoisotopic (exact) mass is 406 g/mol. The van der Waals surface area contributed by atoms with Crippen LogP contribution in [0.4, 0.5) is 4.39 Å². The van der Waals surface area contributed by atoms with Crippen LogP contribution in [0.1, 0.15) is 17.2 Å². The average molecular weight is 407 g/mol. The van der Waals surface area contributed by atoms with Crippen LogP contribution in [-0.4, -0.2) is 5.11 Å². The second-order valence-electron chi connectivity index (χ2n) is 3.62. The number of benzene rings is 2. The van der Waals surface area contributed by atoms with E-state index in [1.54, 1.807) is 12.1 Å². The van der Waals surface area contributed by atoms with E-state index in [-0.39, 0.29) is 5.82 Å². The first-order valence-corrected chi connectivity index (χ1v) is 6.83. The molecule has 1 atom stereocenters. The molecule has 0 fully saturated rings. The summed E-state index contributed by atoms with van der Waals surface area (Å²) >= 11 is 5.57. The fraction of sp³-hybridized carbons (Fsp3) is 0.0769. The van der Waals surface area contributed by atoms with Gasteiger partial charge < -0.3 is 5.11 Å². The van der Waals surface area contributed by atoms with Gasteiger partial charge in [0.05, 0.1) is 0 Å². The van der Waals surface area contributed by atoms with Crippen molar-refractivity contribution in [3.8, 4) is 0 Å². The molecule has 0 aromatic heterocycles. The number of hydrogen-bond acceptors (Lipinski definition) is 1. The normalized spacial score (nSPS) is 12.5. The van der Waals surface area contributed by atoms with Crippen LogP contribution in [0.15, 0.2) is 46.9 Å². The molecule has 17 heavy (non-hydrogen) atoms. The van der Waals surface area contributed by atoms with Crippen molar-refractivity contribution in [2.24, 2.45) is 0 Å². The summed E-state index contributed by atoms with van der Waals surface area (Å²) in [7, 11) is 0. The summed E-state index contributed by atoms with van der Waals surface area (Å²) in [4.78, 5) is 0. The molecule has 1 unspecified atom stereocenters. The third-order valence-electron chi connectivity index (χ3n) is 2.42. The van der Waals surface area contributed by atoms with Gasteiger partial charge in [0.25, 0.3) is 0 Å². The minimum atomic E-state index is -0.824. The molecule has 0 spiro atoms. The van der Waals surface area contributed by atoms with Crippen molar-refractivity contribution in [2.45, 2.75) is 6.10 Å². The molecular formula is C13H9BrFIO. The van der Waals surface area contributed by atoms with E-state index in [9.17, 15) is 9.50 Å². The van der Waals surface area contributed by atoms with E-state index < -0.39 is 6.10 Å². The van der Waals surface area contributed by atoms with Crippen LogP contribution in [0.3, 0.4) is 0 Å². The fourth-order valence-corrected chi connectivity index (χ4v) is 2.56. The fourth-order valence-electron chi connectivity index (χ4n) is 1.58. The van der Waals surface area contributed by atoms with Gasteiger partial charge in [0.15, 0.2) is 0 Å². The summed E-state index contributed by atoms with van der Waals surface area (Å²) in [6.07, 6.45) is -0.824.